The molecule has 0 saturated heterocycles. The molecule has 0 unspecified atom stereocenters. The molecule has 176 valence electrons. The van der Waals surface area contributed by atoms with Gasteiger partial charge in [0.05, 0.1) is 18.9 Å². The average molecular weight is 440 g/mol. The van der Waals surface area contributed by atoms with Gasteiger partial charge in [0.2, 0.25) is 0 Å². The van der Waals surface area contributed by atoms with Gasteiger partial charge in [0.15, 0.2) is 0 Å². The van der Waals surface area contributed by atoms with Gasteiger partial charge >= 0.3 is 0 Å². The summed E-state index contributed by atoms with van der Waals surface area (Å²) in [6, 6.07) is 6.70. The maximum atomic E-state index is 13.6. The van der Waals surface area contributed by atoms with Crippen LogP contribution in [0.4, 0.5) is 4.39 Å². The Morgan fingerprint density at radius 1 is 1.03 bits per heavy atom. The van der Waals surface area contributed by atoms with E-state index in [1.807, 2.05) is 58.9 Å². The third-order valence-electron chi connectivity index (χ3n) is 4.53. The van der Waals surface area contributed by atoms with Crippen LogP contribution in [0.2, 0.25) is 0 Å². The summed E-state index contributed by atoms with van der Waals surface area (Å²) in [5, 5.41) is 0. The van der Waals surface area contributed by atoms with Crippen LogP contribution in [0.15, 0.2) is 55.7 Å². The zero-order valence-corrected chi connectivity index (χ0v) is 21.2. The molecule has 0 fully saturated rings. The maximum Gasteiger partial charge on any atom is 0.123 e. The number of allylic oxidation sites excluding steroid dienone is 2. The Labute approximate surface area is 195 Å². The minimum atomic E-state index is -0.239. The van der Waals surface area contributed by atoms with Crippen molar-refractivity contribution in [2.24, 2.45) is 0 Å². The Kier molecular flexibility index (Phi) is 15.7. The van der Waals surface area contributed by atoms with Gasteiger partial charge in [-0.2, -0.15) is 0 Å². The molecule has 2 nitrogen and oxygen atoms in total. The standard InChI is InChI=1S/C25H30FNO.2C2H6/c1-6-9-22-24(19-11-13-20(26)14-12-19)21(15-17-28-16-8-3)23(10-7-2)27-25(22)18(4)5;2*1-2/h6-9,11-14,18H,2-3,10,15-17H2,1,4-5H3;2*1-2H3/b9-6+;;. The van der Waals surface area contributed by atoms with Crippen LogP contribution in [0, 0.1) is 5.82 Å². The van der Waals surface area contributed by atoms with Crippen molar-refractivity contribution in [2.75, 3.05) is 13.2 Å². The smallest absolute Gasteiger partial charge is 0.123 e. The van der Waals surface area contributed by atoms with E-state index in [4.69, 9.17) is 9.72 Å². The molecule has 1 heterocycles. The van der Waals surface area contributed by atoms with Gasteiger partial charge in [-0.15, -0.1) is 13.2 Å². The summed E-state index contributed by atoms with van der Waals surface area (Å²) in [5.74, 6) is 0.0247. The van der Waals surface area contributed by atoms with Crippen LogP contribution >= 0.6 is 0 Å². The fourth-order valence-corrected chi connectivity index (χ4v) is 3.35. The molecule has 0 radical (unpaired) electrons. The van der Waals surface area contributed by atoms with E-state index in [0.717, 1.165) is 40.1 Å². The Bertz CT molecular complexity index is 835. The molecule has 0 spiro atoms. The fourth-order valence-electron chi connectivity index (χ4n) is 3.35. The van der Waals surface area contributed by atoms with Crippen molar-refractivity contribution in [3.63, 3.8) is 0 Å². The largest absolute Gasteiger partial charge is 0.377 e. The Balaban J connectivity index is 0.00000227. The molecule has 0 bridgehead atoms. The number of halogens is 1. The van der Waals surface area contributed by atoms with Crippen molar-refractivity contribution in [1.29, 1.82) is 0 Å². The van der Waals surface area contributed by atoms with E-state index in [1.165, 1.54) is 12.1 Å². The lowest BCUT2D eigenvalue weighted by Crippen LogP contribution is -2.11. The van der Waals surface area contributed by atoms with Gasteiger partial charge in [-0.1, -0.05) is 78.0 Å². The van der Waals surface area contributed by atoms with Gasteiger partial charge in [0.25, 0.3) is 0 Å². The number of hydrogen-bond acceptors (Lipinski definition) is 2. The summed E-state index contributed by atoms with van der Waals surface area (Å²) < 4.78 is 19.2. The lowest BCUT2D eigenvalue weighted by molar-refractivity contribution is 0.166. The van der Waals surface area contributed by atoms with Crippen molar-refractivity contribution in [1.82, 2.24) is 4.98 Å². The van der Waals surface area contributed by atoms with Gasteiger partial charge in [-0.3, -0.25) is 4.98 Å². The van der Waals surface area contributed by atoms with Crippen LogP contribution in [0.25, 0.3) is 17.2 Å². The second-order valence-electron chi connectivity index (χ2n) is 6.98. The van der Waals surface area contributed by atoms with Gasteiger partial charge in [-0.05, 0) is 48.1 Å². The zero-order chi connectivity index (χ0) is 24.5. The summed E-state index contributed by atoms with van der Waals surface area (Å²) in [7, 11) is 0. The predicted molar refractivity (Wildman–Crippen MR) is 140 cm³/mol. The molecule has 1 aromatic carbocycles. The SMILES string of the molecule is C=CCOCCc1c(CC=C)nc(C(C)C)c(/C=C/C)c1-c1ccc(F)cc1.CC.CC. The van der Waals surface area contributed by atoms with E-state index in [1.54, 1.807) is 6.08 Å². The summed E-state index contributed by atoms with van der Waals surface area (Å²) in [6.45, 7) is 23.0. The van der Waals surface area contributed by atoms with Crippen molar-refractivity contribution < 1.29 is 9.13 Å². The van der Waals surface area contributed by atoms with Gasteiger partial charge in [0.1, 0.15) is 5.82 Å². The lowest BCUT2D eigenvalue weighted by atomic mass is 9.87. The first-order valence-corrected chi connectivity index (χ1v) is 11.8. The molecule has 32 heavy (non-hydrogen) atoms. The van der Waals surface area contributed by atoms with Crippen molar-refractivity contribution in [2.45, 2.75) is 67.2 Å². The second-order valence-corrected chi connectivity index (χ2v) is 6.98. The maximum absolute atomic E-state index is 13.6. The Morgan fingerprint density at radius 2 is 1.66 bits per heavy atom. The highest BCUT2D eigenvalue weighted by Crippen LogP contribution is 2.36. The van der Waals surface area contributed by atoms with Crippen LogP contribution in [0.5, 0.6) is 0 Å². The highest BCUT2D eigenvalue weighted by Gasteiger charge is 2.20. The molecule has 0 aliphatic carbocycles. The Morgan fingerprint density at radius 3 is 2.16 bits per heavy atom. The topological polar surface area (TPSA) is 22.1 Å². The number of rotatable bonds is 10. The second kappa shape index (κ2) is 17.1. The first-order valence-electron chi connectivity index (χ1n) is 11.8. The number of ether oxygens (including phenoxy) is 1. The monoisotopic (exact) mass is 439 g/mol. The minimum absolute atomic E-state index is 0.239. The highest BCUT2D eigenvalue weighted by molar-refractivity contribution is 5.80. The van der Waals surface area contributed by atoms with E-state index >= 15 is 0 Å². The third-order valence-corrected chi connectivity index (χ3v) is 4.53. The van der Waals surface area contributed by atoms with E-state index in [-0.39, 0.29) is 11.7 Å². The average Bonchev–Trinajstić information content (AvgIpc) is 2.81. The summed E-state index contributed by atoms with van der Waals surface area (Å²) >= 11 is 0. The number of benzene rings is 1. The molecule has 2 aromatic rings. The minimum Gasteiger partial charge on any atom is -0.377 e. The van der Waals surface area contributed by atoms with Crippen LogP contribution < -0.4 is 0 Å². The summed E-state index contributed by atoms with van der Waals surface area (Å²) in [4.78, 5) is 5.01. The van der Waals surface area contributed by atoms with Crippen LogP contribution in [-0.2, 0) is 17.6 Å². The van der Waals surface area contributed by atoms with Crippen molar-refractivity contribution >= 4 is 6.08 Å². The molecule has 0 N–H and O–H groups in total. The predicted octanol–water partition coefficient (Wildman–Crippen LogP) is 8.57. The third kappa shape index (κ3) is 8.55. The number of pyridine rings is 1. The van der Waals surface area contributed by atoms with Gasteiger partial charge in [0, 0.05) is 17.7 Å². The normalized spacial score (nSPS) is 10.3. The van der Waals surface area contributed by atoms with Crippen LogP contribution in [0.1, 0.15) is 76.9 Å². The van der Waals surface area contributed by atoms with E-state index in [2.05, 4.69) is 33.1 Å². The first-order chi connectivity index (χ1) is 15.5. The van der Waals surface area contributed by atoms with E-state index in [9.17, 15) is 4.39 Å². The van der Waals surface area contributed by atoms with Gasteiger partial charge in [-0.25, -0.2) is 4.39 Å². The molecule has 0 aliphatic heterocycles. The molecule has 0 amide bonds. The number of aromatic nitrogens is 1. The van der Waals surface area contributed by atoms with Gasteiger partial charge < -0.3 is 4.74 Å². The molecular formula is C29H42FNO. The van der Waals surface area contributed by atoms with Crippen molar-refractivity contribution in [3.8, 4) is 11.1 Å². The highest BCUT2D eigenvalue weighted by atomic mass is 19.1. The summed E-state index contributed by atoms with van der Waals surface area (Å²) in [5.41, 5.74) is 6.38. The molecular weight excluding hydrogens is 397 g/mol. The van der Waals surface area contributed by atoms with Crippen LogP contribution in [-0.4, -0.2) is 18.2 Å². The Hall–Kier alpha value is -2.52. The molecule has 0 saturated carbocycles. The first kappa shape index (κ1) is 29.5. The number of hydrogen-bond donors (Lipinski definition) is 0. The number of nitrogens with zero attached hydrogens (tertiary/aromatic N) is 1. The molecule has 0 atom stereocenters. The molecule has 2 rings (SSSR count). The quantitative estimate of drug-likeness (QED) is 0.273. The molecule has 0 aliphatic rings. The fraction of sp³-hybridized carbons (Fsp3) is 0.414. The lowest BCUT2D eigenvalue weighted by Gasteiger charge is -2.22. The van der Waals surface area contributed by atoms with E-state index < -0.39 is 0 Å². The summed E-state index contributed by atoms with van der Waals surface area (Å²) in [6.07, 6.45) is 9.16. The zero-order valence-electron chi connectivity index (χ0n) is 21.2. The van der Waals surface area contributed by atoms with Crippen molar-refractivity contribution in [3.05, 3.63) is 84.0 Å². The van der Waals surface area contributed by atoms with Crippen LogP contribution in [0.3, 0.4) is 0 Å². The van der Waals surface area contributed by atoms with E-state index in [0.29, 0.717) is 19.6 Å². The molecule has 1 aromatic heterocycles. The molecule has 3 heteroatoms.